The molecule has 6 nitrogen and oxygen atoms in total. The van der Waals surface area contributed by atoms with E-state index < -0.39 is 52.9 Å². The first-order valence-electron chi connectivity index (χ1n) is 13.4. The maximum atomic E-state index is 14.0. The number of methoxy groups -OCH3 is 1. The summed E-state index contributed by atoms with van der Waals surface area (Å²) in [6.07, 6.45) is -5.59. The lowest BCUT2D eigenvalue weighted by molar-refractivity contribution is -0.142. The molecule has 1 aromatic heterocycles. The Morgan fingerprint density at radius 3 is 2.30 bits per heavy atom. The number of hydrogen-bond acceptors (Lipinski definition) is 5. The Hall–Kier alpha value is -3.93. The molecule has 1 amide bonds. The van der Waals surface area contributed by atoms with E-state index in [1.54, 1.807) is 13.0 Å². The predicted molar refractivity (Wildman–Crippen MR) is 148 cm³/mol. The molecule has 43 heavy (non-hydrogen) atoms. The Labute approximate surface area is 245 Å². The summed E-state index contributed by atoms with van der Waals surface area (Å²) in [6, 6.07) is 6.96. The number of aromatic nitrogens is 1. The third kappa shape index (κ3) is 6.53. The van der Waals surface area contributed by atoms with Gasteiger partial charge in [-0.1, -0.05) is 6.07 Å². The molecule has 0 saturated carbocycles. The van der Waals surface area contributed by atoms with Crippen molar-refractivity contribution in [2.75, 3.05) is 19.1 Å². The van der Waals surface area contributed by atoms with Crippen molar-refractivity contribution in [1.29, 1.82) is 0 Å². The van der Waals surface area contributed by atoms with Gasteiger partial charge in [0.05, 0.1) is 41.7 Å². The van der Waals surface area contributed by atoms with E-state index in [4.69, 9.17) is 4.74 Å². The van der Waals surface area contributed by atoms with Crippen molar-refractivity contribution in [3.05, 3.63) is 82.4 Å². The Morgan fingerprint density at radius 1 is 1.02 bits per heavy atom. The van der Waals surface area contributed by atoms with Gasteiger partial charge in [-0.2, -0.15) is 13.2 Å². The van der Waals surface area contributed by atoms with Crippen LogP contribution >= 0.6 is 0 Å². The lowest BCUT2D eigenvalue weighted by Gasteiger charge is -2.32. The minimum Gasteiger partial charge on any atom is -0.468 e. The molecule has 1 saturated heterocycles. The molecule has 2 aromatic carbocycles. The minimum atomic E-state index is -4.90. The fourth-order valence-corrected chi connectivity index (χ4v) is 5.33. The monoisotopic (exact) mass is 607 g/mol. The summed E-state index contributed by atoms with van der Waals surface area (Å²) < 4.78 is 86.7. The van der Waals surface area contributed by atoms with Gasteiger partial charge < -0.3 is 9.64 Å². The summed E-state index contributed by atoms with van der Waals surface area (Å²) in [4.78, 5) is 31.7. The van der Waals surface area contributed by atoms with Crippen molar-refractivity contribution in [3.63, 3.8) is 0 Å². The highest BCUT2D eigenvalue weighted by Crippen LogP contribution is 2.40. The normalized spacial score (nSPS) is 17.3. The number of rotatable bonds is 7. The summed E-state index contributed by atoms with van der Waals surface area (Å²) in [7, 11) is 2.70. The fraction of sp³-hybridized carbons (Fsp3) is 0.387. The van der Waals surface area contributed by atoms with Crippen LogP contribution in [0.4, 0.5) is 32.0 Å². The molecule has 0 unspecified atom stereocenters. The van der Waals surface area contributed by atoms with Crippen LogP contribution in [0.1, 0.15) is 67.1 Å². The lowest BCUT2D eigenvalue weighted by atomic mass is 9.81. The molecular weight excluding hydrogens is 576 g/mol. The first-order chi connectivity index (χ1) is 20.0. The predicted octanol–water partition coefficient (Wildman–Crippen LogP) is 7.06. The van der Waals surface area contributed by atoms with Gasteiger partial charge in [-0.05, 0) is 86.7 Å². The zero-order valence-electron chi connectivity index (χ0n) is 24.2. The summed E-state index contributed by atoms with van der Waals surface area (Å²) in [5.74, 6) is -1.57. The molecule has 12 heteroatoms. The number of nitrogens with one attached hydrogen (secondary N) is 1. The van der Waals surface area contributed by atoms with Crippen LogP contribution in [0.2, 0.25) is 0 Å². The van der Waals surface area contributed by atoms with Crippen LogP contribution in [0.5, 0.6) is 0 Å². The Morgan fingerprint density at radius 2 is 1.70 bits per heavy atom. The lowest BCUT2D eigenvalue weighted by Crippen LogP contribution is -2.42. The fourth-order valence-electron chi connectivity index (χ4n) is 5.33. The number of carbonyl (C=O) groups is 2. The molecule has 2 heterocycles. The number of hydrogen-bond donors (Lipinski definition) is 1. The quantitative estimate of drug-likeness (QED) is 0.230. The van der Waals surface area contributed by atoms with Gasteiger partial charge >= 0.3 is 12.1 Å². The molecule has 0 aliphatic carbocycles. The topological polar surface area (TPSA) is 71.5 Å². The number of anilines is 1. The third-order valence-electron chi connectivity index (χ3n) is 7.83. The van der Waals surface area contributed by atoms with E-state index in [1.807, 2.05) is 0 Å². The van der Waals surface area contributed by atoms with Gasteiger partial charge in [-0.3, -0.25) is 19.9 Å². The van der Waals surface area contributed by atoms with Gasteiger partial charge in [-0.25, -0.2) is 13.2 Å². The number of likely N-dealkylation sites (N-methyl/N-ethyl adjacent to an activating group) is 1. The average molecular weight is 608 g/mol. The van der Waals surface area contributed by atoms with Gasteiger partial charge in [0.25, 0.3) is 6.43 Å². The second-order valence-electron chi connectivity index (χ2n) is 11.1. The number of carbonyl (C=O) groups excluding carboxylic acids is 2. The van der Waals surface area contributed by atoms with Crippen molar-refractivity contribution in [2.45, 2.75) is 63.7 Å². The second-order valence-corrected chi connectivity index (χ2v) is 11.1. The van der Waals surface area contributed by atoms with E-state index in [2.05, 4.69) is 10.3 Å². The number of alkyl halides is 5. The zero-order valence-corrected chi connectivity index (χ0v) is 24.2. The van der Waals surface area contributed by atoms with Gasteiger partial charge in [-0.15, -0.1) is 0 Å². The number of nitrogens with zero attached hydrogens (tertiary/aromatic N) is 2. The molecule has 0 bridgehead atoms. The molecule has 230 valence electrons. The van der Waals surface area contributed by atoms with Crippen molar-refractivity contribution < 1.29 is 40.7 Å². The molecule has 1 aliphatic heterocycles. The molecule has 0 radical (unpaired) electrons. The van der Waals surface area contributed by atoms with Crippen LogP contribution in [-0.4, -0.2) is 37.1 Å². The Kier molecular flexibility index (Phi) is 8.92. The minimum absolute atomic E-state index is 0.234. The molecule has 3 aromatic rings. The van der Waals surface area contributed by atoms with Crippen LogP contribution in [-0.2, 0) is 25.9 Å². The number of pyridine rings is 1. The van der Waals surface area contributed by atoms with Crippen molar-refractivity contribution in [3.8, 4) is 11.1 Å². The second kappa shape index (κ2) is 12.0. The van der Waals surface area contributed by atoms with E-state index >= 15 is 0 Å². The molecular formula is C31H31F6N3O3. The van der Waals surface area contributed by atoms with Gasteiger partial charge in [0.2, 0.25) is 5.91 Å². The summed E-state index contributed by atoms with van der Waals surface area (Å²) >= 11 is 0. The van der Waals surface area contributed by atoms with Crippen LogP contribution < -0.4 is 10.2 Å². The third-order valence-corrected chi connectivity index (χ3v) is 7.83. The van der Waals surface area contributed by atoms with Crippen molar-refractivity contribution in [1.82, 2.24) is 10.3 Å². The highest BCUT2D eigenvalue weighted by atomic mass is 19.4. The maximum Gasteiger partial charge on any atom is 0.416 e. The highest BCUT2D eigenvalue weighted by Gasteiger charge is 2.39. The largest absolute Gasteiger partial charge is 0.468 e. The van der Waals surface area contributed by atoms with E-state index in [0.717, 1.165) is 6.07 Å². The van der Waals surface area contributed by atoms with E-state index in [9.17, 15) is 35.9 Å². The smallest absolute Gasteiger partial charge is 0.416 e. The zero-order chi connectivity index (χ0) is 31.9. The van der Waals surface area contributed by atoms with Crippen LogP contribution in [0.25, 0.3) is 11.1 Å². The Balaban J connectivity index is 1.79. The van der Waals surface area contributed by atoms with E-state index in [1.165, 1.54) is 57.3 Å². The number of ether oxygens (including phenoxy) is 1. The van der Waals surface area contributed by atoms with Crippen LogP contribution in [0.3, 0.4) is 0 Å². The van der Waals surface area contributed by atoms with E-state index in [0.29, 0.717) is 47.4 Å². The maximum absolute atomic E-state index is 14.0. The number of esters is 1. The Bertz CT molecular complexity index is 1540. The molecule has 1 N–H and O–H groups in total. The SMILES string of the molecule is COC(=O)[C@@H]1CC[C@H](c2cc(-c3ccc(F)cc3C)c(N(C)C(=O)C(C)(C)c3cc(C(F)F)cc(C(F)(F)F)c3)cn2)N1. The first kappa shape index (κ1) is 32.0. The first-order valence-corrected chi connectivity index (χ1v) is 13.4. The summed E-state index contributed by atoms with van der Waals surface area (Å²) in [5.41, 5.74) is -1.63. The molecule has 4 rings (SSSR count). The highest BCUT2D eigenvalue weighted by molar-refractivity contribution is 6.03. The molecule has 1 fully saturated rings. The molecule has 0 spiro atoms. The van der Waals surface area contributed by atoms with Crippen LogP contribution in [0, 0.1) is 12.7 Å². The average Bonchev–Trinajstić information content (AvgIpc) is 3.45. The van der Waals surface area contributed by atoms with Gasteiger partial charge in [0, 0.05) is 18.2 Å². The molecule has 2 atom stereocenters. The summed E-state index contributed by atoms with van der Waals surface area (Å²) in [5, 5.41) is 3.18. The number of benzene rings is 2. The van der Waals surface area contributed by atoms with Gasteiger partial charge in [0.1, 0.15) is 11.9 Å². The number of amides is 1. The molecule has 1 aliphatic rings. The van der Waals surface area contributed by atoms with Gasteiger partial charge in [0.15, 0.2) is 0 Å². The van der Waals surface area contributed by atoms with Crippen molar-refractivity contribution in [2.24, 2.45) is 0 Å². The standard InChI is InChI=1S/C31H31F6N3O3/c1-16-10-20(32)6-7-21(16)22-14-25(23-8-9-24(39-23)28(41)43-5)38-15-26(22)40(4)29(42)30(2,3)18-11-17(27(33)34)12-19(13-18)31(35,36)37/h6-7,10-15,23-24,27,39H,8-9H2,1-5H3/t23-,24+/m1/s1. The van der Waals surface area contributed by atoms with Crippen LogP contribution in [0.15, 0.2) is 48.7 Å². The number of aryl methyl sites for hydroxylation is 1. The van der Waals surface area contributed by atoms with E-state index in [-0.39, 0.29) is 17.3 Å². The number of halogens is 6. The van der Waals surface area contributed by atoms with Crippen molar-refractivity contribution >= 4 is 17.6 Å². The summed E-state index contributed by atoms with van der Waals surface area (Å²) in [6.45, 7) is 4.40.